The third-order valence-corrected chi connectivity index (χ3v) is 5.59. The molecule has 36 heavy (non-hydrogen) atoms. The van der Waals surface area contributed by atoms with Gasteiger partial charge in [0.2, 0.25) is 0 Å². The Kier molecular flexibility index (Phi) is 20.9. The summed E-state index contributed by atoms with van der Waals surface area (Å²) >= 11 is 0. The zero-order valence-corrected chi connectivity index (χ0v) is 22.1. The van der Waals surface area contributed by atoms with E-state index in [0.29, 0.717) is 12.8 Å². The number of unbranched alkanes of at least 4 members (excludes halogenated alkanes) is 14. The molecule has 0 unspecified atom stereocenters. The van der Waals surface area contributed by atoms with E-state index < -0.39 is 35.5 Å². The van der Waals surface area contributed by atoms with Gasteiger partial charge in [0.15, 0.2) is 11.4 Å². The van der Waals surface area contributed by atoms with Gasteiger partial charge in [-0.1, -0.05) is 104 Å². The van der Waals surface area contributed by atoms with E-state index in [4.69, 9.17) is 9.47 Å². The van der Waals surface area contributed by atoms with E-state index in [0.717, 1.165) is 38.5 Å². The summed E-state index contributed by atoms with van der Waals surface area (Å²) in [6, 6.07) is 0. The molecule has 4 N–H and O–H groups in total. The number of carboxylic acid groups (broad SMARTS) is 2. The lowest BCUT2D eigenvalue weighted by molar-refractivity contribution is -0.136. The predicted molar refractivity (Wildman–Crippen MR) is 136 cm³/mol. The molecule has 0 heterocycles. The predicted octanol–water partition coefficient (Wildman–Crippen LogP) is 6.10. The van der Waals surface area contributed by atoms with Gasteiger partial charge in [-0.2, -0.15) is 0 Å². The summed E-state index contributed by atoms with van der Waals surface area (Å²) < 4.78 is 9.90. The summed E-state index contributed by atoms with van der Waals surface area (Å²) in [5, 5.41) is 22.5. The fourth-order valence-electron chi connectivity index (χ4n) is 3.52. The molecule has 0 aromatic carbocycles. The van der Waals surface area contributed by atoms with Crippen LogP contribution in [-0.2, 0) is 19.1 Å². The van der Waals surface area contributed by atoms with E-state index in [-0.39, 0.29) is 13.2 Å². The highest BCUT2D eigenvalue weighted by Crippen LogP contribution is 2.10. The molecule has 0 aromatic rings. The fourth-order valence-corrected chi connectivity index (χ4v) is 3.52. The standard InChI is InChI=1S/C26H46N2O8/c1-3-5-7-9-11-13-15-17-19-35-25(33)27-21(23(29)30)22(24(31)32)28-26(34)36-20-18-16-14-12-10-8-6-4-2/h3-20H2,1-2H3,(H,27,33)(H,28,34)(H,29,30)(H,31,32)/b22-21-. The molecule has 0 aliphatic rings. The van der Waals surface area contributed by atoms with Crippen LogP contribution in [-0.4, -0.2) is 47.6 Å². The first-order valence-corrected chi connectivity index (χ1v) is 13.4. The number of hydrogen-bond acceptors (Lipinski definition) is 6. The molecule has 0 rings (SSSR count). The van der Waals surface area contributed by atoms with Crippen molar-refractivity contribution in [3.63, 3.8) is 0 Å². The molecule has 0 aromatic heterocycles. The Bertz CT molecular complexity index is 623. The second-order valence-corrected chi connectivity index (χ2v) is 8.83. The Balaban J connectivity index is 4.44. The maximum atomic E-state index is 12.0. The molecule has 0 bridgehead atoms. The van der Waals surface area contributed by atoms with Crippen LogP contribution in [0.2, 0.25) is 0 Å². The largest absolute Gasteiger partial charge is 0.477 e. The number of aliphatic carboxylic acids is 2. The lowest BCUT2D eigenvalue weighted by Crippen LogP contribution is -2.37. The second-order valence-electron chi connectivity index (χ2n) is 8.83. The fraction of sp³-hybridized carbons (Fsp3) is 0.769. The number of rotatable bonds is 22. The number of nitrogens with one attached hydrogen (secondary N) is 2. The molecule has 0 saturated heterocycles. The molecule has 2 amide bonds. The Morgan fingerprint density at radius 2 is 0.778 bits per heavy atom. The van der Waals surface area contributed by atoms with E-state index in [9.17, 15) is 29.4 Å². The zero-order valence-electron chi connectivity index (χ0n) is 22.1. The monoisotopic (exact) mass is 514 g/mol. The van der Waals surface area contributed by atoms with Crippen LogP contribution in [0.5, 0.6) is 0 Å². The molecule has 0 saturated carbocycles. The lowest BCUT2D eigenvalue weighted by atomic mass is 10.1. The van der Waals surface area contributed by atoms with Gasteiger partial charge in [-0.05, 0) is 12.8 Å². The highest BCUT2D eigenvalue weighted by atomic mass is 16.6. The number of alkyl carbamates (subject to hydrolysis) is 2. The van der Waals surface area contributed by atoms with Crippen LogP contribution in [0, 0.1) is 0 Å². The number of carbonyl (C=O) groups excluding carboxylic acids is 2. The minimum Gasteiger partial charge on any atom is -0.477 e. The number of carbonyl (C=O) groups is 4. The van der Waals surface area contributed by atoms with Crippen molar-refractivity contribution in [3.05, 3.63) is 11.4 Å². The molecule has 0 atom stereocenters. The minimum atomic E-state index is -1.74. The smallest absolute Gasteiger partial charge is 0.411 e. The van der Waals surface area contributed by atoms with Crippen LogP contribution >= 0.6 is 0 Å². The average molecular weight is 515 g/mol. The topological polar surface area (TPSA) is 151 Å². The first-order chi connectivity index (χ1) is 17.3. The maximum Gasteiger partial charge on any atom is 0.411 e. The quantitative estimate of drug-likeness (QED) is 0.0999. The van der Waals surface area contributed by atoms with Gasteiger partial charge in [0.1, 0.15) is 0 Å². The number of amides is 2. The third kappa shape index (κ3) is 18.5. The number of hydrogen-bond donors (Lipinski definition) is 4. The molecule has 208 valence electrons. The normalized spacial score (nSPS) is 11.4. The van der Waals surface area contributed by atoms with Gasteiger partial charge in [-0.15, -0.1) is 0 Å². The summed E-state index contributed by atoms with van der Waals surface area (Å²) in [6.45, 7) is 4.47. The van der Waals surface area contributed by atoms with Crippen molar-refractivity contribution in [1.82, 2.24) is 10.6 Å². The highest BCUT2D eigenvalue weighted by molar-refractivity contribution is 6.02. The van der Waals surface area contributed by atoms with Crippen molar-refractivity contribution in [3.8, 4) is 0 Å². The Labute approximate surface area is 215 Å². The van der Waals surface area contributed by atoms with E-state index >= 15 is 0 Å². The summed E-state index contributed by atoms with van der Waals surface area (Å²) in [6.07, 6.45) is 14.6. The minimum absolute atomic E-state index is 0.0736. The molecule has 0 fully saturated rings. The molecule has 10 heteroatoms. The van der Waals surface area contributed by atoms with Crippen molar-refractivity contribution in [2.45, 2.75) is 117 Å². The summed E-state index contributed by atoms with van der Waals surface area (Å²) in [5.41, 5.74) is -2.01. The van der Waals surface area contributed by atoms with Crippen molar-refractivity contribution in [2.75, 3.05) is 13.2 Å². The Morgan fingerprint density at radius 3 is 1.06 bits per heavy atom. The average Bonchev–Trinajstić information content (AvgIpc) is 2.83. The van der Waals surface area contributed by atoms with Gasteiger partial charge >= 0.3 is 24.1 Å². The van der Waals surface area contributed by atoms with E-state index in [1.165, 1.54) is 51.4 Å². The summed E-state index contributed by atoms with van der Waals surface area (Å²) in [7, 11) is 0. The van der Waals surface area contributed by atoms with Crippen LogP contribution in [0.1, 0.15) is 117 Å². The van der Waals surface area contributed by atoms with Gasteiger partial charge in [0, 0.05) is 0 Å². The number of carboxylic acids is 2. The lowest BCUT2D eigenvalue weighted by Gasteiger charge is -2.12. The van der Waals surface area contributed by atoms with Gasteiger partial charge in [-0.25, -0.2) is 19.2 Å². The highest BCUT2D eigenvalue weighted by Gasteiger charge is 2.25. The van der Waals surface area contributed by atoms with Crippen LogP contribution in [0.3, 0.4) is 0 Å². The van der Waals surface area contributed by atoms with Gasteiger partial charge in [0.25, 0.3) is 0 Å². The first kappa shape index (κ1) is 33.2. The third-order valence-electron chi connectivity index (χ3n) is 5.59. The van der Waals surface area contributed by atoms with Gasteiger partial charge < -0.3 is 19.7 Å². The van der Waals surface area contributed by atoms with Crippen molar-refractivity contribution < 1.29 is 38.9 Å². The molecule has 10 nitrogen and oxygen atoms in total. The molecular weight excluding hydrogens is 468 g/mol. The number of ether oxygens (including phenoxy) is 2. The molecule has 0 aliphatic heterocycles. The van der Waals surface area contributed by atoms with E-state index in [2.05, 4.69) is 13.8 Å². The van der Waals surface area contributed by atoms with Crippen LogP contribution in [0.25, 0.3) is 0 Å². The summed E-state index contributed by atoms with van der Waals surface area (Å²) in [4.78, 5) is 47.0. The van der Waals surface area contributed by atoms with Gasteiger partial charge in [0.05, 0.1) is 13.2 Å². The van der Waals surface area contributed by atoms with Crippen LogP contribution < -0.4 is 10.6 Å². The van der Waals surface area contributed by atoms with Crippen molar-refractivity contribution in [1.29, 1.82) is 0 Å². The Hall–Kier alpha value is -2.78. The van der Waals surface area contributed by atoms with Crippen LogP contribution in [0.15, 0.2) is 11.4 Å². The van der Waals surface area contributed by atoms with Crippen molar-refractivity contribution >= 4 is 24.1 Å². The second kappa shape index (κ2) is 22.7. The molecule has 0 aliphatic carbocycles. The van der Waals surface area contributed by atoms with Crippen molar-refractivity contribution in [2.24, 2.45) is 0 Å². The molecular formula is C26H46N2O8. The first-order valence-electron chi connectivity index (χ1n) is 13.4. The van der Waals surface area contributed by atoms with E-state index in [1.54, 1.807) is 0 Å². The maximum absolute atomic E-state index is 12.0. The Morgan fingerprint density at radius 1 is 0.500 bits per heavy atom. The SMILES string of the molecule is CCCCCCCCCCOC(=O)N/C(C(=O)O)=C(\NC(=O)OCCCCCCCCCC)C(=O)O. The molecule has 0 spiro atoms. The van der Waals surface area contributed by atoms with Crippen LogP contribution in [0.4, 0.5) is 9.59 Å². The van der Waals surface area contributed by atoms with Gasteiger partial charge in [-0.3, -0.25) is 10.6 Å². The van der Waals surface area contributed by atoms with E-state index in [1.807, 2.05) is 10.6 Å². The molecule has 0 radical (unpaired) electrons. The summed E-state index contributed by atoms with van der Waals surface area (Å²) in [5.74, 6) is -3.47. The zero-order chi connectivity index (χ0) is 27.0.